The fourth-order valence-corrected chi connectivity index (χ4v) is 4.00. The summed E-state index contributed by atoms with van der Waals surface area (Å²) in [4.78, 5) is 32.4. The molecule has 2 fully saturated rings. The lowest BCUT2D eigenvalue weighted by Gasteiger charge is -2.32. The van der Waals surface area contributed by atoms with Gasteiger partial charge < -0.3 is 24.4 Å². The van der Waals surface area contributed by atoms with Crippen LogP contribution in [0, 0.1) is 16.7 Å². The molecule has 1 atom stereocenters. The summed E-state index contributed by atoms with van der Waals surface area (Å²) in [5, 5.41) is 15.4. The van der Waals surface area contributed by atoms with Gasteiger partial charge in [0, 0.05) is 13.1 Å². The maximum absolute atomic E-state index is 13.3. The van der Waals surface area contributed by atoms with Gasteiger partial charge in [-0.1, -0.05) is 20.8 Å². The fraction of sp³-hybridized carbons (Fsp3) is 0.833. The van der Waals surface area contributed by atoms with E-state index in [9.17, 15) is 14.9 Å². The van der Waals surface area contributed by atoms with Crippen LogP contribution in [0.15, 0.2) is 4.99 Å². The van der Waals surface area contributed by atoms with Crippen molar-refractivity contribution in [3.05, 3.63) is 0 Å². The maximum Gasteiger partial charge on any atom is 0.414 e. The van der Waals surface area contributed by atoms with Gasteiger partial charge in [-0.25, -0.2) is 9.79 Å². The number of hydrogen-bond acceptors (Lipinski definition) is 7. The van der Waals surface area contributed by atoms with E-state index in [1.807, 2.05) is 39.5 Å². The predicted octanol–water partition coefficient (Wildman–Crippen LogP) is 2.58. The molecular weight excluding hydrogens is 438 g/mol. The first-order chi connectivity index (χ1) is 16.0. The third-order valence-electron chi connectivity index (χ3n) is 5.71. The molecule has 1 aliphatic carbocycles. The fourth-order valence-electron chi connectivity index (χ4n) is 4.00. The number of alkyl carbamates (subject to hydrolysis) is 1. The van der Waals surface area contributed by atoms with Crippen molar-refractivity contribution in [3.63, 3.8) is 0 Å². The standard InChI is InChI=1S/C24H41N5O5/c1-18(2)33-14-15-34-22(31)27-21(29-10-12-32-13-11-29)26-19(16-23(3,4)5)20(30)28-24(17-25)8-6-7-9-24/h18-19H,6-16H2,1-5H3,(H,28,30)(H,26,27,31). The molecule has 1 unspecified atom stereocenters. The van der Waals surface area contributed by atoms with E-state index in [4.69, 9.17) is 19.2 Å². The van der Waals surface area contributed by atoms with E-state index in [-0.39, 0.29) is 30.0 Å². The van der Waals surface area contributed by atoms with Gasteiger partial charge in [-0.3, -0.25) is 10.1 Å². The van der Waals surface area contributed by atoms with Crippen molar-refractivity contribution in [2.75, 3.05) is 39.5 Å². The third-order valence-corrected chi connectivity index (χ3v) is 5.71. The molecule has 0 bridgehead atoms. The molecule has 1 saturated carbocycles. The van der Waals surface area contributed by atoms with Crippen LogP contribution < -0.4 is 10.6 Å². The van der Waals surface area contributed by atoms with Crippen LogP contribution in [0.3, 0.4) is 0 Å². The summed E-state index contributed by atoms with van der Waals surface area (Å²) in [6.07, 6.45) is 2.94. The highest BCUT2D eigenvalue weighted by Crippen LogP contribution is 2.30. The lowest BCUT2D eigenvalue weighted by Crippen LogP contribution is -2.52. The minimum Gasteiger partial charge on any atom is -0.447 e. The van der Waals surface area contributed by atoms with Crippen molar-refractivity contribution in [2.24, 2.45) is 10.4 Å². The maximum atomic E-state index is 13.3. The van der Waals surface area contributed by atoms with Crippen LogP contribution in [-0.4, -0.2) is 80.1 Å². The molecule has 0 spiro atoms. The Labute approximate surface area is 203 Å². The van der Waals surface area contributed by atoms with Crippen molar-refractivity contribution in [1.29, 1.82) is 5.26 Å². The predicted molar refractivity (Wildman–Crippen MR) is 128 cm³/mol. The average molecular weight is 480 g/mol. The summed E-state index contributed by atoms with van der Waals surface area (Å²) in [5.41, 5.74) is -1.05. The summed E-state index contributed by atoms with van der Waals surface area (Å²) >= 11 is 0. The number of ether oxygens (including phenoxy) is 3. The Kier molecular flexibility index (Phi) is 10.6. The van der Waals surface area contributed by atoms with E-state index in [1.165, 1.54) is 0 Å². The highest BCUT2D eigenvalue weighted by Gasteiger charge is 2.38. The van der Waals surface area contributed by atoms with Crippen molar-refractivity contribution >= 4 is 18.0 Å². The lowest BCUT2D eigenvalue weighted by molar-refractivity contribution is -0.124. The Morgan fingerprint density at radius 1 is 1.18 bits per heavy atom. The van der Waals surface area contributed by atoms with Crippen LogP contribution in [0.2, 0.25) is 0 Å². The Morgan fingerprint density at radius 3 is 2.38 bits per heavy atom. The number of nitriles is 1. The second-order valence-electron chi connectivity index (χ2n) is 10.4. The van der Waals surface area contributed by atoms with Gasteiger partial charge in [0.25, 0.3) is 0 Å². The first-order valence-corrected chi connectivity index (χ1v) is 12.2. The number of rotatable bonds is 8. The number of guanidine groups is 1. The van der Waals surface area contributed by atoms with Crippen LogP contribution >= 0.6 is 0 Å². The second-order valence-corrected chi connectivity index (χ2v) is 10.4. The van der Waals surface area contributed by atoms with Crippen molar-refractivity contribution in [2.45, 2.75) is 84.4 Å². The van der Waals surface area contributed by atoms with Crippen molar-refractivity contribution < 1.29 is 23.8 Å². The Balaban J connectivity index is 2.20. The minimum absolute atomic E-state index is 0.0466. The van der Waals surface area contributed by atoms with Crippen molar-refractivity contribution in [3.8, 4) is 6.07 Å². The van der Waals surface area contributed by atoms with Crippen LogP contribution in [0.4, 0.5) is 4.79 Å². The van der Waals surface area contributed by atoms with E-state index in [2.05, 4.69) is 16.7 Å². The minimum atomic E-state index is -0.843. The number of carbonyl (C=O) groups is 2. The Hall–Kier alpha value is -2.38. The molecule has 1 aliphatic heterocycles. The molecule has 10 heteroatoms. The van der Waals surface area contributed by atoms with E-state index in [0.29, 0.717) is 52.2 Å². The number of carbonyl (C=O) groups excluding carboxylic acids is 2. The molecule has 2 rings (SSSR count). The number of aliphatic imine (C=N–C) groups is 1. The monoisotopic (exact) mass is 479 g/mol. The molecule has 1 saturated heterocycles. The Bertz CT molecular complexity index is 744. The Morgan fingerprint density at radius 2 is 1.82 bits per heavy atom. The lowest BCUT2D eigenvalue weighted by atomic mass is 9.87. The molecule has 34 heavy (non-hydrogen) atoms. The highest BCUT2D eigenvalue weighted by atomic mass is 16.6. The molecule has 1 heterocycles. The normalized spacial score (nSPS) is 19.4. The molecule has 2 N–H and O–H groups in total. The third kappa shape index (κ3) is 9.47. The quantitative estimate of drug-likeness (QED) is 0.311. The highest BCUT2D eigenvalue weighted by molar-refractivity contribution is 5.96. The van der Waals surface area contributed by atoms with Gasteiger partial charge in [0.05, 0.1) is 32.0 Å². The molecule has 2 amide bonds. The van der Waals surface area contributed by atoms with Gasteiger partial charge >= 0.3 is 6.09 Å². The summed E-state index contributed by atoms with van der Waals surface area (Å²) in [6.45, 7) is 12.4. The largest absolute Gasteiger partial charge is 0.447 e. The van der Waals surface area contributed by atoms with Gasteiger partial charge in [0.1, 0.15) is 18.2 Å². The summed E-state index contributed by atoms with van der Waals surface area (Å²) in [6, 6.07) is 1.53. The zero-order chi connectivity index (χ0) is 25.2. The first-order valence-electron chi connectivity index (χ1n) is 12.2. The number of nitrogens with zero attached hydrogens (tertiary/aromatic N) is 3. The first kappa shape index (κ1) is 27.9. The smallest absolute Gasteiger partial charge is 0.414 e. The SMILES string of the molecule is CC(C)OCCOC(=O)N/C(=N\C(CC(C)(C)C)C(=O)NC1(C#N)CCCC1)N1CCOCC1. The molecule has 0 aromatic heterocycles. The summed E-state index contributed by atoms with van der Waals surface area (Å²) in [5.74, 6) is -0.0236. The number of nitrogens with one attached hydrogen (secondary N) is 2. The molecule has 0 aromatic rings. The molecule has 2 aliphatic rings. The molecule has 0 aromatic carbocycles. The number of amides is 2. The van der Waals surface area contributed by atoms with Crippen LogP contribution in [0.1, 0.15) is 66.7 Å². The second kappa shape index (κ2) is 12.9. The zero-order valence-corrected chi connectivity index (χ0v) is 21.3. The zero-order valence-electron chi connectivity index (χ0n) is 21.3. The summed E-state index contributed by atoms with van der Waals surface area (Å²) in [7, 11) is 0. The van der Waals surface area contributed by atoms with Gasteiger partial charge in [-0.2, -0.15) is 5.26 Å². The van der Waals surface area contributed by atoms with Crippen LogP contribution in [0.5, 0.6) is 0 Å². The van der Waals surface area contributed by atoms with Gasteiger partial charge in [-0.15, -0.1) is 0 Å². The van der Waals surface area contributed by atoms with E-state index in [0.717, 1.165) is 12.8 Å². The van der Waals surface area contributed by atoms with Crippen LogP contribution in [-0.2, 0) is 19.0 Å². The van der Waals surface area contributed by atoms with E-state index in [1.54, 1.807) is 0 Å². The van der Waals surface area contributed by atoms with E-state index >= 15 is 0 Å². The molecule has 0 radical (unpaired) electrons. The van der Waals surface area contributed by atoms with Gasteiger partial charge in [-0.05, 0) is 51.4 Å². The average Bonchev–Trinajstić information content (AvgIpc) is 3.24. The topological polar surface area (TPSA) is 125 Å². The van der Waals surface area contributed by atoms with Gasteiger partial charge in [0.15, 0.2) is 0 Å². The van der Waals surface area contributed by atoms with Crippen LogP contribution in [0.25, 0.3) is 0 Å². The number of morpholine rings is 1. The molecule has 192 valence electrons. The number of hydrogen-bond donors (Lipinski definition) is 2. The molecule has 10 nitrogen and oxygen atoms in total. The molecular formula is C24H41N5O5. The van der Waals surface area contributed by atoms with Crippen molar-refractivity contribution in [1.82, 2.24) is 15.5 Å². The van der Waals surface area contributed by atoms with E-state index < -0.39 is 17.7 Å². The van der Waals surface area contributed by atoms with Gasteiger partial charge in [0.2, 0.25) is 11.9 Å². The summed E-state index contributed by atoms with van der Waals surface area (Å²) < 4.78 is 16.1.